The van der Waals surface area contributed by atoms with Gasteiger partial charge in [-0.15, -0.1) is 0 Å². The maximum absolute atomic E-state index is 13.5. The highest BCUT2D eigenvalue weighted by Crippen LogP contribution is 2.20. The highest BCUT2D eigenvalue weighted by molar-refractivity contribution is 5.99. The van der Waals surface area contributed by atoms with E-state index >= 15 is 0 Å². The molecule has 0 saturated carbocycles. The zero-order chi connectivity index (χ0) is 30.5. The van der Waals surface area contributed by atoms with E-state index in [9.17, 15) is 19.2 Å². The molecule has 0 aliphatic carbocycles. The molecule has 2 aromatic carbocycles. The molecular weight excluding hydrogens is 534 g/mol. The van der Waals surface area contributed by atoms with Crippen molar-refractivity contribution in [3.63, 3.8) is 0 Å². The Morgan fingerprint density at radius 2 is 1.74 bits per heavy atom. The standard InChI is InChI=1S/C32H45N5O5/c1-23(2)27-22-42-28-15-9-8-14-25(28)31(40)35-26(32(41)33-18-10-11-19-36(3)4)16-17-30(39)37(21-29(38)34-27)20-24-12-6-5-7-13-24/h5-9,12-15,23,26-27H,10-11,16-22H2,1-4H3,(H,33,41)(H,34,38)(H,35,40)/t26-,27-/m0/s1. The largest absolute Gasteiger partial charge is 0.491 e. The van der Waals surface area contributed by atoms with Crippen LogP contribution in [0.1, 0.15) is 55.5 Å². The number of hydrogen-bond acceptors (Lipinski definition) is 6. The van der Waals surface area contributed by atoms with Crippen LogP contribution in [0.5, 0.6) is 5.75 Å². The Hall–Kier alpha value is -3.92. The van der Waals surface area contributed by atoms with Gasteiger partial charge in [-0.05, 0) is 63.5 Å². The predicted octanol–water partition coefficient (Wildman–Crippen LogP) is 2.59. The third kappa shape index (κ3) is 10.5. The topological polar surface area (TPSA) is 120 Å². The Bertz CT molecular complexity index is 1190. The minimum absolute atomic E-state index is 0.0230. The molecule has 0 bridgehead atoms. The van der Waals surface area contributed by atoms with E-state index in [1.54, 1.807) is 24.3 Å². The molecule has 3 N–H and O–H groups in total. The lowest BCUT2D eigenvalue weighted by atomic mass is 10.1. The molecule has 1 aliphatic heterocycles. The van der Waals surface area contributed by atoms with Crippen LogP contribution in [0.4, 0.5) is 0 Å². The Morgan fingerprint density at radius 1 is 1.02 bits per heavy atom. The summed E-state index contributed by atoms with van der Waals surface area (Å²) in [5.74, 6) is -1.00. The number of fused-ring (bicyclic) bond motifs is 1. The molecule has 0 spiro atoms. The van der Waals surface area contributed by atoms with E-state index in [2.05, 4.69) is 20.9 Å². The van der Waals surface area contributed by atoms with Gasteiger partial charge in [-0.1, -0.05) is 56.3 Å². The van der Waals surface area contributed by atoms with Gasteiger partial charge in [0.2, 0.25) is 17.7 Å². The molecule has 10 heteroatoms. The number of ether oxygens (including phenoxy) is 1. The van der Waals surface area contributed by atoms with Crippen molar-refractivity contribution >= 4 is 23.6 Å². The number of benzene rings is 2. The normalized spacial score (nSPS) is 18.8. The van der Waals surface area contributed by atoms with Crippen LogP contribution in [-0.4, -0.2) is 85.8 Å². The average molecular weight is 580 g/mol. The second kappa shape index (κ2) is 16.5. The van der Waals surface area contributed by atoms with Crippen molar-refractivity contribution in [3.05, 3.63) is 65.7 Å². The van der Waals surface area contributed by atoms with Gasteiger partial charge in [0.25, 0.3) is 5.91 Å². The maximum atomic E-state index is 13.5. The molecule has 0 saturated heterocycles. The van der Waals surface area contributed by atoms with Crippen LogP contribution in [0.2, 0.25) is 0 Å². The maximum Gasteiger partial charge on any atom is 0.255 e. The molecule has 42 heavy (non-hydrogen) atoms. The zero-order valence-electron chi connectivity index (χ0n) is 25.2. The fourth-order valence-corrected chi connectivity index (χ4v) is 4.64. The summed E-state index contributed by atoms with van der Waals surface area (Å²) in [5.41, 5.74) is 1.16. The summed E-state index contributed by atoms with van der Waals surface area (Å²) in [6, 6.07) is 15.0. The first-order valence-electron chi connectivity index (χ1n) is 14.7. The molecule has 2 atom stereocenters. The molecule has 2 aromatic rings. The first kappa shape index (κ1) is 32.6. The Morgan fingerprint density at radius 3 is 2.45 bits per heavy atom. The molecule has 0 fully saturated rings. The molecule has 0 aromatic heterocycles. The summed E-state index contributed by atoms with van der Waals surface area (Å²) >= 11 is 0. The van der Waals surface area contributed by atoms with Crippen LogP contribution in [-0.2, 0) is 20.9 Å². The molecule has 10 nitrogen and oxygen atoms in total. The molecular formula is C32H45N5O5. The van der Waals surface area contributed by atoms with Crippen molar-refractivity contribution in [3.8, 4) is 5.75 Å². The van der Waals surface area contributed by atoms with Gasteiger partial charge in [0.05, 0.1) is 18.2 Å². The summed E-state index contributed by atoms with van der Waals surface area (Å²) < 4.78 is 6.05. The van der Waals surface area contributed by atoms with Crippen molar-refractivity contribution in [1.82, 2.24) is 25.8 Å². The molecule has 0 radical (unpaired) electrons. The second-order valence-electron chi connectivity index (χ2n) is 11.3. The lowest BCUT2D eigenvalue weighted by Crippen LogP contribution is -2.48. The summed E-state index contributed by atoms with van der Waals surface area (Å²) in [5, 5.41) is 8.76. The fraction of sp³-hybridized carbons (Fsp3) is 0.500. The van der Waals surface area contributed by atoms with E-state index in [1.807, 2.05) is 58.3 Å². The molecule has 3 rings (SSSR count). The number of rotatable bonds is 9. The second-order valence-corrected chi connectivity index (χ2v) is 11.3. The number of carbonyl (C=O) groups excluding carboxylic acids is 4. The van der Waals surface area contributed by atoms with Gasteiger partial charge in [-0.2, -0.15) is 0 Å². The SMILES string of the molecule is CC(C)[C@@H]1COc2ccccc2C(=O)N[C@H](C(=O)NCCCCN(C)C)CCC(=O)N(Cc2ccccc2)CC(=O)N1. The van der Waals surface area contributed by atoms with E-state index in [-0.39, 0.29) is 67.8 Å². The van der Waals surface area contributed by atoms with Crippen molar-refractivity contribution in [2.24, 2.45) is 5.92 Å². The molecule has 1 aliphatic rings. The van der Waals surface area contributed by atoms with E-state index in [4.69, 9.17) is 4.74 Å². The smallest absolute Gasteiger partial charge is 0.255 e. The van der Waals surface area contributed by atoms with E-state index in [0.717, 1.165) is 24.9 Å². The number of carbonyl (C=O) groups is 4. The van der Waals surface area contributed by atoms with Crippen LogP contribution in [0.3, 0.4) is 0 Å². The van der Waals surface area contributed by atoms with Gasteiger partial charge >= 0.3 is 0 Å². The minimum atomic E-state index is -0.940. The van der Waals surface area contributed by atoms with Gasteiger partial charge in [-0.25, -0.2) is 0 Å². The summed E-state index contributed by atoms with van der Waals surface area (Å²) in [6.45, 7) is 5.55. The summed E-state index contributed by atoms with van der Waals surface area (Å²) in [4.78, 5) is 56.9. The Kier molecular flexibility index (Phi) is 12.8. The highest BCUT2D eigenvalue weighted by Gasteiger charge is 2.27. The molecule has 4 amide bonds. The number of nitrogens with zero attached hydrogens (tertiary/aromatic N) is 2. The molecule has 228 valence electrons. The quantitative estimate of drug-likeness (QED) is 0.393. The van der Waals surface area contributed by atoms with E-state index < -0.39 is 11.9 Å². The van der Waals surface area contributed by atoms with Crippen LogP contribution < -0.4 is 20.7 Å². The van der Waals surface area contributed by atoms with Gasteiger partial charge < -0.3 is 30.5 Å². The average Bonchev–Trinajstić information content (AvgIpc) is 2.96. The van der Waals surface area contributed by atoms with Crippen LogP contribution in [0.25, 0.3) is 0 Å². The third-order valence-electron chi connectivity index (χ3n) is 7.20. The van der Waals surface area contributed by atoms with Gasteiger partial charge in [0.1, 0.15) is 18.4 Å². The number of hydrogen-bond donors (Lipinski definition) is 3. The number of para-hydroxylation sites is 1. The number of unbranched alkanes of at least 4 members (excludes halogenated alkanes) is 1. The molecule has 0 unspecified atom stereocenters. The lowest BCUT2D eigenvalue weighted by Gasteiger charge is -2.26. The molecule has 1 heterocycles. The van der Waals surface area contributed by atoms with Crippen LogP contribution in [0, 0.1) is 5.92 Å². The first-order valence-corrected chi connectivity index (χ1v) is 14.7. The van der Waals surface area contributed by atoms with Gasteiger partial charge in [0.15, 0.2) is 0 Å². The Labute approximate surface area is 249 Å². The third-order valence-corrected chi connectivity index (χ3v) is 7.20. The van der Waals surface area contributed by atoms with Gasteiger partial charge in [0, 0.05) is 19.5 Å². The van der Waals surface area contributed by atoms with Crippen molar-refractivity contribution < 1.29 is 23.9 Å². The lowest BCUT2D eigenvalue weighted by molar-refractivity contribution is -0.137. The first-order chi connectivity index (χ1) is 20.1. The van der Waals surface area contributed by atoms with E-state index in [0.29, 0.717) is 12.3 Å². The van der Waals surface area contributed by atoms with Crippen molar-refractivity contribution in [2.75, 3.05) is 40.3 Å². The van der Waals surface area contributed by atoms with Crippen LogP contribution >= 0.6 is 0 Å². The monoisotopic (exact) mass is 579 g/mol. The summed E-state index contributed by atoms with van der Waals surface area (Å²) in [7, 11) is 3.99. The minimum Gasteiger partial charge on any atom is -0.491 e. The number of nitrogens with one attached hydrogen (secondary N) is 3. The Balaban J connectivity index is 1.86. The zero-order valence-corrected chi connectivity index (χ0v) is 25.2. The van der Waals surface area contributed by atoms with Gasteiger partial charge in [-0.3, -0.25) is 19.2 Å². The number of amides is 4. The fourth-order valence-electron chi connectivity index (χ4n) is 4.64. The highest BCUT2D eigenvalue weighted by atomic mass is 16.5. The van der Waals surface area contributed by atoms with Crippen molar-refractivity contribution in [2.45, 2.75) is 58.2 Å². The van der Waals surface area contributed by atoms with E-state index in [1.165, 1.54) is 4.90 Å². The summed E-state index contributed by atoms with van der Waals surface area (Å²) in [6.07, 6.45) is 1.77. The van der Waals surface area contributed by atoms with Crippen molar-refractivity contribution in [1.29, 1.82) is 0 Å². The predicted molar refractivity (Wildman–Crippen MR) is 162 cm³/mol. The van der Waals surface area contributed by atoms with Crippen LogP contribution in [0.15, 0.2) is 54.6 Å².